The van der Waals surface area contributed by atoms with Crippen molar-refractivity contribution >= 4 is 6.21 Å². The van der Waals surface area contributed by atoms with Crippen molar-refractivity contribution in [3.8, 4) is 0 Å². The van der Waals surface area contributed by atoms with E-state index in [0.717, 1.165) is 25.1 Å². The number of aromatic nitrogens is 1. The number of ether oxygens (including phenoxy) is 1. The van der Waals surface area contributed by atoms with Crippen LogP contribution in [0.3, 0.4) is 0 Å². The number of aryl methyl sites for hydroxylation is 1. The summed E-state index contributed by atoms with van der Waals surface area (Å²) in [6.45, 7) is 15.0. The molecule has 0 aliphatic rings. The molecule has 0 unspecified atom stereocenters. The highest BCUT2D eigenvalue weighted by Crippen LogP contribution is 2.25. The molecule has 3 nitrogen and oxygen atoms in total. The molecule has 1 rings (SSSR count). The van der Waals surface area contributed by atoms with Crippen LogP contribution in [0.5, 0.6) is 0 Å². The van der Waals surface area contributed by atoms with Crippen LogP contribution in [-0.4, -0.2) is 12.8 Å². The van der Waals surface area contributed by atoms with E-state index < -0.39 is 0 Å². The van der Waals surface area contributed by atoms with Crippen molar-refractivity contribution in [1.82, 2.24) is 0 Å². The van der Waals surface area contributed by atoms with Crippen molar-refractivity contribution < 1.29 is 14.7 Å². The molecular weight excluding hydrogens is 320 g/mol. The van der Waals surface area contributed by atoms with Gasteiger partial charge in [-0.15, -0.1) is 0 Å². The van der Waals surface area contributed by atoms with E-state index in [2.05, 4.69) is 70.6 Å². The van der Waals surface area contributed by atoms with E-state index in [9.17, 15) is 0 Å². The van der Waals surface area contributed by atoms with Crippen LogP contribution in [0.1, 0.15) is 66.4 Å². The van der Waals surface area contributed by atoms with Gasteiger partial charge in [0.15, 0.2) is 18.6 Å². The highest BCUT2D eigenvalue weighted by molar-refractivity contribution is 5.67. The van der Waals surface area contributed by atoms with Crippen molar-refractivity contribution in [2.45, 2.75) is 72.8 Å². The molecule has 0 saturated heterocycles. The molecule has 0 bridgehead atoms. The van der Waals surface area contributed by atoms with E-state index in [-0.39, 0.29) is 10.8 Å². The van der Waals surface area contributed by atoms with Crippen LogP contribution < -0.4 is 9.98 Å². The number of nitrogens with two attached hydrogens (primary N) is 1. The summed E-state index contributed by atoms with van der Waals surface area (Å²) in [7, 11) is 0. The Morgan fingerprint density at radius 1 is 1.04 bits per heavy atom. The summed E-state index contributed by atoms with van der Waals surface area (Å²) >= 11 is 0. The first-order valence-corrected chi connectivity index (χ1v) is 9.68. The predicted octanol–water partition coefficient (Wildman–Crippen LogP) is 3.77. The van der Waals surface area contributed by atoms with Crippen LogP contribution in [0, 0.1) is 5.41 Å². The lowest BCUT2D eigenvalue weighted by atomic mass is 9.86. The number of unbranched alkanes of at least 4 members (excludes halogenated alkanes) is 2. The van der Waals surface area contributed by atoms with E-state index in [1.807, 2.05) is 12.2 Å². The molecule has 0 atom stereocenters. The van der Waals surface area contributed by atoms with Crippen molar-refractivity contribution in [2.75, 3.05) is 6.61 Å². The zero-order valence-corrected chi connectivity index (χ0v) is 17.6. The summed E-state index contributed by atoms with van der Waals surface area (Å²) in [6.07, 6.45) is 15.1. The Labute approximate surface area is 160 Å². The van der Waals surface area contributed by atoms with Crippen LogP contribution in [-0.2, 0) is 16.7 Å². The van der Waals surface area contributed by atoms with Gasteiger partial charge in [-0.05, 0) is 40.9 Å². The summed E-state index contributed by atoms with van der Waals surface area (Å²) < 4.78 is 7.89. The van der Waals surface area contributed by atoms with Crippen LogP contribution in [0.4, 0.5) is 0 Å². The lowest BCUT2D eigenvalue weighted by Crippen LogP contribution is -2.33. The lowest BCUT2D eigenvalue weighted by molar-refractivity contribution is -0.697. The number of allylic oxidation sites excluding steroid dienone is 3. The van der Waals surface area contributed by atoms with Crippen molar-refractivity contribution in [3.63, 3.8) is 0 Å². The van der Waals surface area contributed by atoms with E-state index in [0.29, 0.717) is 0 Å². The molecular formula is C23H38N2O+2. The zero-order valence-electron chi connectivity index (χ0n) is 17.6. The molecule has 144 valence electrons. The maximum absolute atomic E-state index is 5.63. The minimum absolute atomic E-state index is 0.0650. The molecule has 0 fully saturated rings. The minimum Gasteiger partial charge on any atom is -0.501 e. The van der Waals surface area contributed by atoms with Gasteiger partial charge in [0.05, 0.1) is 12.9 Å². The van der Waals surface area contributed by atoms with Gasteiger partial charge >= 0.3 is 0 Å². The first kappa shape index (κ1) is 22.1. The van der Waals surface area contributed by atoms with E-state index in [4.69, 9.17) is 10.1 Å². The predicted molar refractivity (Wildman–Crippen MR) is 110 cm³/mol. The zero-order chi connectivity index (χ0) is 19.6. The molecule has 1 aromatic heterocycles. The number of pyridine rings is 1. The number of rotatable bonds is 9. The average Bonchev–Trinajstić information content (AvgIpc) is 2.55. The van der Waals surface area contributed by atoms with Crippen molar-refractivity contribution in [3.05, 3.63) is 54.1 Å². The number of nitrogens with zero attached hydrogens (tertiary/aromatic N) is 1. The topological polar surface area (TPSA) is 38.7 Å². The van der Waals surface area contributed by atoms with Crippen LogP contribution in [0.15, 0.2) is 48.5 Å². The molecule has 0 aliphatic heterocycles. The first-order valence-electron chi connectivity index (χ1n) is 9.68. The fourth-order valence-corrected chi connectivity index (χ4v) is 2.61. The second kappa shape index (κ2) is 10.3. The highest BCUT2D eigenvalue weighted by atomic mass is 16.5. The van der Waals surface area contributed by atoms with Gasteiger partial charge in [-0.2, -0.15) is 0 Å². The second-order valence-electron chi connectivity index (χ2n) is 8.87. The largest absolute Gasteiger partial charge is 0.501 e. The lowest BCUT2D eigenvalue weighted by Gasteiger charge is -2.19. The van der Waals surface area contributed by atoms with Gasteiger partial charge in [0.25, 0.3) is 0 Å². The third kappa shape index (κ3) is 8.46. The summed E-state index contributed by atoms with van der Waals surface area (Å²) in [6, 6.07) is 4.46. The Bertz CT molecular complexity index is 599. The quantitative estimate of drug-likeness (QED) is 0.236. The normalized spacial score (nSPS) is 13.2. The maximum Gasteiger partial charge on any atom is 0.169 e. The summed E-state index contributed by atoms with van der Waals surface area (Å²) in [5.74, 6) is 0. The molecule has 0 aliphatic carbocycles. The van der Waals surface area contributed by atoms with Gasteiger partial charge in [0.1, 0.15) is 6.54 Å². The molecule has 0 aromatic carbocycles. The molecule has 26 heavy (non-hydrogen) atoms. The Balaban J connectivity index is 2.24. The third-order valence-electron chi connectivity index (χ3n) is 4.42. The molecule has 2 N–H and O–H groups in total. The van der Waals surface area contributed by atoms with Crippen molar-refractivity contribution in [2.24, 2.45) is 5.41 Å². The minimum atomic E-state index is 0.0650. The number of hydrogen-bond acceptors (Lipinski definition) is 1. The molecule has 3 heteroatoms. The SMILES string of the molecule is CC(C)(C)C(/C=C\OCCCCC[n+]1ccc(C(C)(C)C)cc1)=C/C=[NH2+]. The fraction of sp³-hybridized carbons (Fsp3) is 0.565. The van der Waals surface area contributed by atoms with Crippen LogP contribution >= 0.6 is 0 Å². The Hall–Kier alpha value is -1.90. The maximum atomic E-state index is 5.63. The molecule has 0 saturated carbocycles. The van der Waals surface area contributed by atoms with E-state index >= 15 is 0 Å². The summed E-state index contributed by atoms with van der Waals surface area (Å²) in [4.78, 5) is 0. The molecule has 1 heterocycles. The Morgan fingerprint density at radius 2 is 1.69 bits per heavy atom. The van der Waals surface area contributed by atoms with Gasteiger partial charge < -0.3 is 4.74 Å². The molecule has 0 amide bonds. The fourth-order valence-electron chi connectivity index (χ4n) is 2.61. The standard InChI is InChI=1S/C23H37N2O/c1-22(2,3)20(10-14-24)13-19-26-18-9-7-8-15-25-16-11-21(12-17-25)23(4,5)6/h10-14,16-17,19,24H,7-9,15,18H2,1-6H3/q+1/p+1/b19-13-,20-10+,24-14?. The van der Waals surface area contributed by atoms with Gasteiger partial charge in [-0.1, -0.05) is 41.5 Å². The smallest absolute Gasteiger partial charge is 0.169 e. The van der Waals surface area contributed by atoms with Crippen molar-refractivity contribution in [1.29, 1.82) is 0 Å². The van der Waals surface area contributed by atoms with Gasteiger partial charge in [0, 0.05) is 24.6 Å². The Kier molecular flexibility index (Phi) is 8.77. The Morgan fingerprint density at radius 3 is 2.23 bits per heavy atom. The average molecular weight is 359 g/mol. The summed E-state index contributed by atoms with van der Waals surface area (Å²) in [5.41, 5.74) is 2.82. The highest BCUT2D eigenvalue weighted by Gasteiger charge is 2.15. The van der Waals surface area contributed by atoms with Crippen LogP contribution in [0.2, 0.25) is 0 Å². The van der Waals surface area contributed by atoms with Gasteiger partial charge in [-0.25, -0.2) is 4.57 Å². The van der Waals surface area contributed by atoms with Gasteiger partial charge in [-0.3, -0.25) is 5.41 Å². The first-order chi connectivity index (χ1) is 12.1. The van der Waals surface area contributed by atoms with Gasteiger partial charge in [0.2, 0.25) is 0 Å². The number of hydrogen-bond donors (Lipinski definition) is 1. The van der Waals surface area contributed by atoms with E-state index in [1.165, 1.54) is 18.4 Å². The van der Waals surface area contributed by atoms with E-state index in [1.54, 1.807) is 12.5 Å². The molecule has 0 radical (unpaired) electrons. The monoisotopic (exact) mass is 358 g/mol. The summed E-state index contributed by atoms with van der Waals surface area (Å²) in [5, 5.41) is 5.51. The molecule has 1 aromatic rings. The second-order valence-corrected chi connectivity index (χ2v) is 8.87. The third-order valence-corrected chi connectivity index (χ3v) is 4.42. The molecule has 0 spiro atoms. The van der Waals surface area contributed by atoms with Crippen LogP contribution in [0.25, 0.3) is 0 Å².